The topological polar surface area (TPSA) is 54.5 Å². The van der Waals surface area contributed by atoms with Crippen LogP contribution in [-0.2, 0) is 9.59 Å². The van der Waals surface area contributed by atoms with Gasteiger partial charge in [0.1, 0.15) is 0 Å². The maximum absolute atomic E-state index is 13.0. The Labute approximate surface area is 163 Å². The van der Waals surface area contributed by atoms with Crippen molar-refractivity contribution < 1.29 is 14.4 Å². The second-order valence-electron chi connectivity index (χ2n) is 8.19. The predicted molar refractivity (Wildman–Crippen MR) is 106 cm³/mol. The van der Waals surface area contributed by atoms with Gasteiger partial charge in [0.2, 0.25) is 11.8 Å². The van der Waals surface area contributed by atoms with E-state index in [1.807, 2.05) is 32.0 Å². The van der Waals surface area contributed by atoms with Crippen LogP contribution in [0.5, 0.6) is 0 Å². The molecule has 4 nitrogen and oxygen atoms in total. The molecule has 0 aromatic heterocycles. The number of fused-ring (bicyclic) bond motifs is 5. The number of allylic oxidation sites excluding steroid dienone is 2. The SMILES string of the molecule is Cc1ccc(C(=O)c2cccc(N3C(=O)[C@@H]4[C@H](C3=O)[C@H]3C=C[C@H]4C3)c2)cc1C. The number of nitrogens with zero attached hydrogens (tertiary/aromatic N) is 1. The number of hydrogen-bond acceptors (Lipinski definition) is 3. The molecule has 3 aliphatic rings. The molecule has 4 atom stereocenters. The lowest BCUT2D eigenvalue weighted by molar-refractivity contribution is -0.123. The first-order valence-corrected chi connectivity index (χ1v) is 9.74. The van der Waals surface area contributed by atoms with E-state index in [0.717, 1.165) is 17.5 Å². The van der Waals surface area contributed by atoms with E-state index in [-0.39, 0.29) is 41.3 Å². The van der Waals surface area contributed by atoms with Gasteiger partial charge in [0, 0.05) is 11.1 Å². The van der Waals surface area contributed by atoms with Crippen molar-refractivity contribution in [1.29, 1.82) is 0 Å². The zero-order chi connectivity index (χ0) is 19.6. The van der Waals surface area contributed by atoms with Gasteiger partial charge in [-0.3, -0.25) is 14.4 Å². The van der Waals surface area contributed by atoms with Crippen molar-refractivity contribution in [2.24, 2.45) is 23.7 Å². The minimum atomic E-state index is -0.235. The molecule has 0 N–H and O–H groups in total. The molecular formula is C24H21NO3. The van der Waals surface area contributed by atoms with Crippen LogP contribution in [0.3, 0.4) is 0 Å². The molecule has 2 fully saturated rings. The van der Waals surface area contributed by atoms with E-state index in [0.29, 0.717) is 16.8 Å². The second-order valence-corrected chi connectivity index (χ2v) is 8.19. The van der Waals surface area contributed by atoms with Crippen LogP contribution in [0.4, 0.5) is 5.69 Å². The number of rotatable bonds is 3. The van der Waals surface area contributed by atoms with Crippen LogP contribution in [0.2, 0.25) is 0 Å². The van der Waals surface area contributed by atoms with Gasteiger partial charge >= 0.3 is 0 Å². The van der Waals surface area contributed by atoms with Gasteiger partial charge in [-0.1, -0.05) is 36.4 Å². The molecular weight excluding hydrogens is 350 g/mol. The van der Waals surface area contributed by atoms with Gasteiger partial charge in [-0.2, -0.15) is 0 Å². The van der Waals surface area contributed by atoms with E-state index in [4.69, 9.17) is 0 Å². The lowest BCUT2D eigenvalue weighted by Gasteiger charge is -2.18. The highest BCUT2D eigenvalue weighted by atomic mass is 16.2. The van der Waals surface area contributed by atoms with E-state index in [1.165, 1.54) is 4.90 Å². The standard InChI is InChI=1S/C24H21NO3/c1-13-6-7-18(10-14(13)2)22(26)17-4-3-5-19(12-17)25-23(27)20-15-8-9-16(11-15)21(20)24(25)28/h3-10,12,15-16,20-21H,11H2,1-2H3/t15-,16-,20-,21+/m0/s1. The highest BCUT2D eigenvalue weighted by Gasteiger charge is 2.59. The summed E-state index contributed by atoms with van der Waals surface area (Å²) < 4.78 is 0. The molecule has 1 heterocycles. The number of carbonyl (C=O) groups is 3. The molecule has 0 unspecified atom stereocenters. The molecule has 1 saturated heterocycles. The summed E-state index contributed by atoms with van der Waals surface area (Å²) >= 11 is 0. The van der Waals surface area contributed by atoms with Crippen molar-refractivity contribution in [3.63, 3.8) is 0 Å². The Balaban J connectivity index is 1.48. The first-order valence-electron chi connectivity index (χ1n) is 9.74. The number of carbonyl (C=O) groups excluding carboxylic acids is 3. The molecule has 0 spiro atoms. The minimum absolute atomic E-state index is 0.106. The molecule has 2 aromatic carbocycles. The van der Waals surface area contributed by atoms with Crippen LogP contribution >= 0.6 is 0 Å². The fourth-order valence-electron chi connectivity index (χ4n) is 4.99. The van der Waals surface area contributed by atoms with Crippen molar-refractivity contribution in [3.8, 4) is 0 Å². The maximum atomic E-state index is 13.0. The molecule has 0 radical (unpaired) electrons. The van der Waals surface area contributed by atoms with Crippen LogP contribution < -0.4 is 4.90 Å². The number of anilines is 1. The molecule has 2 aliphatic carbocycles. The summed E-state index contributed by atoms with van der Waals surface area (Å²) in [6.07, 6.45) is 5.08. The summed E-state index contributed by atoms with van der Waals surface area (Å²) in [5.41, 5.74) is 3.78. The Morgan fingerprint density at radius 3 is 2.14 bits per heavy atom. The molecule has 1 aliphatic heterocycles. The van der Waals surface area contributed by atoms with Crippen molar-refractivity contribution in [2.75, 3.05) is 4.90 Å². The third-order valence-electron chi connectivity index (χ3n) is 6.61. The number of hydrogen-bond donors (Lipinski definition) is 0. The summed E-state index contributed by atoms with van der Waals surface area (Å²) in [5, 5.41) is 0. The summed E-state index contributed by atoms with van der Waals surface area (Å²) in [4.78, 5) is 40.3. The van der Waals surface area contributed by atoms with Crippen molar-refractivity contribution in [3.05, 3.63) is 76.9 Å². The average Bonchev–Trinajstić information content (AvgIpc) is 3.37. The maximum Gasteiger partial charge on any atom is 0.238 e. The number of ketones is 1. The molecule has 2 bridgehead atoms. The first-order chi connectivity index (χ1) is 13.5. The Morgan fingerprint density at radius 2 is 1.50 bits per heavy atom. The van der Waals surface area contributed by atoms with Crippen LogP contribution in [0, 0.1) is 37.5 Å². The van der Waals surface area contributed by atoms with Crippen LogP contribution in [0.25, 0.3) is 0 Å². The molecule has 140 valence electrons. The van der Waals surface area contributed by atoms with E-state index in [1.54, 1.807) is 24.3 Å². The summed E-state index contributed by atoms with van der Waals surface area (Å²) in [5.74, 6) is -0.465. The Bertz CT molecular complexity index is 1040. The van der Waals surface area contributed by atoms with E-state index >= 15 is 0 Å². The van der Waals surface area contributed by atoms with Gasteiger partial charge in [0.25, 0.3) is 0 Å². The fourth-order valence-corrected chi connectivity index (χ4v) is 4.99. The average molecular weight is 371 g/mol. The summed E-state index contributed by atoms with van der Waals surface area (Å²) in [6, 6.07) is 12.5. The highest BCUT2D eigenvalue weighted by molar-refractivity contribution is 6.23. The van der Waals surface area contributed by atoms with Crippen molar-refractivity contribution in [2.45, 2.75) is 20.3 Å². The monoisotopic (exact) mass is 371 g/mol. The van der Waals surface area contributed by atoms with E-state index in [9.17, 15) is 14.4 Å². The van der Waals surface area contributed by atoms with Crippen LogP contribution in [0.15, 0.2) is 54.6 Å². The molecule has 2 amide bonds. The lowest BCUT2D eigenvalue weighted by atomic mass is 9.85. The van der Waals surface area contributed by atoms with E-state index < -0.39 is 0 Å². The normalized spacial score (nSPS) is 27.6. The third-order valence-corrected chi connectivity index (χ3v) is 6.61. The lowest BCUT2D eigenvalue weighted by Crippen LogP contribution is -2.33. The summed E-state index contributed by atoms with van der Waals surface area (Å²) in [6.45, 7) is 3.98. The molecule has 2 aromatic rings. The van der Waals surface area contributed by atoms with Gasteiger partial charge in [0.05, 0.1) is 17.5 Å². The zero-order valence-electron chi connectivity index (χ0n) is 15.9. The highest BCUT2D eigenvalue weighted by Crippen LogP contribution is 2.53. The molecule has 5 rings (SSSR count). The smallest absolute Gasteiger partial charge is 0.238 e. The van der Waals surface area contributed by atoms with Crippen molar-refractivity contribution in [1.82, 2.24) is 0 Å². The number of benzene rings is 2. The van der Waals surface area contributed by atoms with Crippen LogP contribution in [0.1, 0.15) is 33.5 Å². The zero-order valence-corrected chi connectivity index (χ0v) is 15.9. The van der Waals surface area contributed by atoms with Gasteiger partial charge in [-0.05, 0) is 61.4 Å². The minimum Gasteiger partial charge on any atom is -0.289 e. The van der Waals surface area contributed by atoms with Crippen LogP contribution in [-0.4, -0.2) is 17.6 Å². The number of imide groups is 1. The summed E-state index contributed by atoms with van der Waals surface area (Å²) in [7, 11) is 0. The number of aryl methyl sites for hydroxylation is 2. The second kappa shape index (κ2) is 5.99. The molecule has 4 heteroatoms. The Kier molecular flexibility index (Phi) is 3.66. The van der Waals surface area contributed by atoms with Gasteiger partial charge < -0.3 is 0 Å². The number of amides is 2. The Morgan fingerprint density at radius 1 is 0.857 bits per heavy atom. The van der Waals surface area contributed by atoms with Crippen molar-refractivity contribution >= 4 is 23.3 Å². The Hall–Kier alpha value is -3.01. The van der Waals surface area contributed by atoms with Gasteiger partial charge in [-0.15, -0.1) is 0 Å². The van der Waals surface area contributed by atoms with Gasteiger partial charge in [-0.25, -0.2) is 4.90 Å². The fraction of sp³-hybridized carbons (Fsp3) is 0.292. The quantitative estimate of drug-likeness (QED) is 0.468. The van der Waals surface area contributed by atoms with E-state index in [2.05, 4.69) is 12.2 Å². The first kappa shape index (κ1) is 17.1. The molecule has 28 heavy (non-hydrogen) atoms. The largest absolute Gasteiger partial charge is 0.289 e. The van der Waals surface area contributed by atoms with Gasteiger partial charge in [0.15, 0.2) is 5.78 Å². The third kappa shape index (κ3) is 2.34. The molecule has 1 saturated carbocycles. The predicted octanol–water partition coefficient (Wildman–Crippen LogP) is 3.85.